The molecule has 2 aromatic carbocycles. The molecule has 0 saturated heterocycles. The normalized spacial score (nSPS) is 16.6. The van der Waals surface area contributed by atoms with Crippen LogP contribution in [0.4, 0.5) is 5.69 Å². The van der Waals surface area contributed by atoms with Crippen LogP contribution in [0.2, 0.25) is 5.15 Å². The van der Waals surface area contributed by atoms with Crippen LogP contribution in [0.25, 0.3) is 16.5 Å². The Balaban J connectivity index is 1.92. The Morgan fingerprint density at radius 1 is 1.04 bits per heavy atom. The largest absolute Gasteiger partial charge is 0.372 e. The summed E-state index contributed by atoms with van der Waals surface area (Å²) in [6.07, 6.45) is 3.30. The van der Waals surface area contributed by atoms with Crippen molar-refractivity contribution >= 4 is 33.8 Å². The van der Waals surface area contributed by atoms with Crippen molar-refractivity contribution in [2.45, 2.75) is 19.4 Å². The van der Waals surface area contributed by atoms with Crippen LogP contribution in [0, 0.1) is 0 Å². The molecule has 0 aliphatic carbocycles. The van der Waals surface area contributed by atoms with E-state index in [2.05, 4.69) is 59.7 Å². The van der Waals surface area contributed by atoms with Crippen LogP contribution in [0.3, 0.4) is 0 Å². The van der Waals surface area contributed by atoms with Gasteiger partial charge in [-0.15, -0.1) is 0 Å². The van der Waals surface area contributed by atoms with E-state index in [9.17, 15) is 0 Å². The Kier molecular flexibility index (Phi) is 3.55. The Morgan fingerprint density at radius 2 is 1.83 bits per heavy atom. The first-order valence-electron chi connectivity index (χ1n) is 7.88. The van der Waals surface area contributed by atoms with Crippen molar-refractivity contribution in [2.24, 2.45) is 0 Å². The van der Waals surface area contributed by atoms with Gasteiger partial charge in [0.25, 0.3) is 0 Å². The average Bonchev–Trinajstić information content (AvgIpc) is 2.61. The molecular weight excluding hydrogens is 304 g/mol. The molecule has 0 radical (unpaired) electrons. The van der Waals surface area contributed by atoms with E-state index in [0.29, 0.717) is 5.15 Å². The van der Waals surface area contributed by atoms with Gasteiger partial charge in [-0.2, -0.15) is 0 Å². The summed E-state index contributed by atoms with van der Waals surface area (Å²) in [4.78, 5) is 4.56. The third-order valence-corrected chi connectivity index (χ3v) is 4.59. The Morgan fingerprint density at radius 3 is 2.61 bits per heavy atom. The van der Waals surface area contributed by atoms with Crippen molar-refractivity contribution in [1.82, 2.24) is 4.98 Å². The van der Waals surface area contributed by atoms with Gasteiger partial charge in [-0.1, -0.05) is 67.1 Å². The highest BCUT2D eigenvalue weighted by Gasteiger charge is 2.21. The van der Waals surface area contributed by atoms with E-state index >= 15 is 0 Å². The second kappa shape index (κ2) is 5.71. The maximum Gasteiger partial charge on any atom is 0.129 e. The number of aromatic nitrogens is 1. The number of nitrogens with one attached hydrogen (secondary N) is 1. The first-order chi connectivity index (χ1) is 11.3. The molecule has 4 rings (SSSR count). The summed E-state index contributed by atoms with van der Waals surface area (Å²) in [5, 5.41) is 5.28. The first-order valence-corrected chi connectivity index (χ1v) is 8.26. The van der Waals surface area contributed by atoms with E-state index in [4.69, 9.17) is 11.6 Å². The summed E-state index contributed by atoms with van der Waals surface area (Å²) in [6, 6.07) is 18.8. The molecule has 1 aromatic heterocycles. The number of hydrogen-bond acceptors (Lipinski definition) is 2. The van der Waals surface area contributed by atoms with Crippen LogP contribution in [0.15, 0.2) is 60.7 Å². The van der Waals surface area contributed by atoms with Gasteiger partial charge in [-0.25, -0.2) is 4.98 Å². The van der Waals surface area contributed by atoms with Crippen LogP contribution in [-0.2, 0) is 0 Å². The number of halogens is 1. The van der Waals surface area contributed by atoms with Crippen molar-refractivity contribution in [3.8, 4) is 0 Å². The zero-order chi connectivity index (χ0) is 15.8. The molecule has 114 valence electrons. The predicted octanol–water partition coefficient (Wildman–Crippen LogP) is 5.85. The highest BCUT2D eigenvalue weighted by Crippen LogP contribution is 2.40. The lowest BCUT2D eigenvalue weighted by molar-refractivity contribution is 0.963. The molecule has 1 aliphatic heterocycles. The minimum Gasteiger partial charge on any atom is -0.372 e. The SMILES string of the molecule is CCC1=CC(c2ccccc2)Nc2c1ccc1ccc(Cl)nc21. The molecule has 2 heterocycles. The molecule has 1 aliphatic rings. The van der Waals surface area contributed by atoms with Crippen LogP contribution in [-0.4, -0.2) is 4.98 Å². The molecule has 1 unspecified atom stereocenters. The molecule has 23 heavy (non-hydrogen) atoms. The van der Waals surface area contributed by atoms with E-state index in [1.54, 1.807) is 0 Å². The fourth-order valence-electron chi connectivity index (χ4n) is 3.21. The molecule has 0 fully saturated rings. The number of hydrogen-bond donors (Lipinski definition) is 1. The highest BCUT2D eigenvalue weighted by molar-refractivity contribution is 6.30. The number of anilines is 1. The molecule has 3 aromatic rings. The summed E-state index contributed by atoms with van der Waals surface area (Å²) in [5.74, 6) is 0. The molecule has 0 saturated carbocycles. The Labute approximate surface area is 140 Å². The van der Waals surface area contributed by atoms with Gasteiger partial charge in [0.2, 0.25) is 0 Å². The maximum atomic E-state index is 6.13. The fourth-order valence-corrected chi connectivity index (χ4v) is 3.36. The minimum atomic E-state index is 0.157. The van der Waals surface area contributed by atoms with E-state index in [-0.39, 0.29) is 6.04 Å². The summed E-state index contributed by atoms with van der Waals surface area (Å²) in [7, 11) is 0. The van der Waals surface area contributed by atoms with Gasteiger partial charge in [0.1, 0.15) is 5.15 Å². The van der Waals surface area contributed by atoms with Gasteiger partial charge >= 0.3 is 0 Å². The van der Waals surface area contributed by atoms with Crippen LogP contribution >= 0.6 is 11.6 Å². The Bertz CT molecular complexity index is 900. The summed E-state index contributed by atoms with van der Waals surface area (Å²) >= 11 is 6.13. The zero-order valence-corrected chi connectivity index (χ0v) is 13.6. The molecule has 0 amide bonds. The quantitative estimate of drug-likeness (QED) is 0.599. The lowest BCUT2D eigenvalue weighted by atomic mass is 9.91. The van der Waals surface area contributed by atoms with Crippen LogP contribution in [0.1, 0.15) is 30.5 Å². The molecule has 1 N–H and O–H groups in total. The van der Waals surface area contributed by atoms with Gasteiger partial charge in [-0.05, 0) is 29.7 Å². The monoisotopic (exact) mass is 320 g/mol. The van der Waals surface area contributed by atoms with Crippen molar-refractivity contribution in [2.75, 3.05) is 5.32 Å². The smallest absolute Gasteiger partial charge is 0.129 e. The van der Waals surface area contributed by atoms with Gasteiger partial charge in [-0.3, -0.25) is 0 Å². The number of fused-ring (bicyclic) bond motifs is 3. The molecule has 3 heteroatoms. The zero-order valence-electron chi connectivity index (χ0n) is 12.9. The van der Waals surface area contributed by atoms with E-state index < -0.39 is 0 Å². The topological polar surface area (TPSA) is 24.9 Å². The number of rotatable bonds is 2. The van der Waals surface area contributed by atoms with Gasteiger partial charge < -0.3 is 5.32 Å². The standard InChI is InChI=1S/C20H17ClN2/c1-2-13-12-17(14-6-4-3-5-7-14)22-20-16(13)10-8-15-9-11-18(21)23-19(15)20/h3-12,17,22H,2H2,1H3. The van der Waals surface area contributed by atoms with E-state index in [1.165, 1.54) is 16.7 Å². The lowest BCUT2D eigenvalue weighted by Gasteiger charge is -2.27. The third-order valence-electron chi connectivity index (χ3n) is 4.38. The number of allylic oxidation sites excluding steroid dienone is 1. The van der Waals surface area contributed by atoms with Crippen LogP contribution < -0.4 is 5.32 Å². The van der Waals surface area contributed by atoms with Crippen molar-refractivity contribution < 1.29 is 0 Å². The number of pyridine rings is 1. The number of benzene rings is 2. The van der Waals surface area contributed by atoms with Gasteiger partial charge in [0, 0.05) is 10.9 Å². The van der Waals surface area contributed by atoms with Crippen molar-refractivity contribution in [3.63, 3.8) is 0 Å². The molecule has 0 bridgehead atoms. The van der Waals surface area contributed by atoms with Crippen molar-refractivity contribution in [1.29, 1.82) is 0 Å². The third kappa shape index (κ3) is 2.49. The van der Waals surface area contributed by atoms with E-state index in [0.717, 1.165) is 23.0 Å². The summed E-state index contributed by atoms with van der Waals surface area (Å²) in [6.45, 7) is 2.19. The predicted molar refractivity (Wildman–Crippen MR) is 97.8 cm³/mol. The summed E-state index contributed by atoms with van der Waals surface area (Å²) in [5.41, 5.74) is 5.84. The van der Waals surface area contributed by atoms with E-state index in [1.807, 2.05) is 18.2 Å². The molecular formula is C20H17ClN2. The van der Waals surface area contributed by atoms with Gasteiger partial charge in [0.05, 0.1) is 17.2 Å². The molecule has 0 spiro atoms. The lowest BCUT2D eigenvalue weighted by Crippen LogP contribution is -2.15. The van der Waals surface area contributed by atoms with Crippen molar-refractivity contribution in [3.05, 3.63) is 77.0 Å². The second-order valence-corrected chi connectivity index (χ2v) is 6.16. The highest BCUT2D eigenvalue weighted by atomic mass is 35.5. The van der Waals surface area contributed by atoms with Crippen LogP contribution in [0.5, 0.6) is 0 Å². The fraction of sp³-hybridized carbons (Fsp3) is 0.150. The molecule has 2 nitrogen and oxygen atoms in total. The second-order valence-electron chi connectivity index (χ2n) is 5.77. The minimum absolute atomic E-state index is 0.157. The maximum absolute atomic E-state index is 6.13. The average molecular weight is 321 g/mol. The summed E-state index contributed by atoms with van der Waals surface area (Å²) < 4.78 is 0. The van der Waals surface area contributed by atoms with Gasteiger partial charge in [0.15, 0.2) is 0 Å². The number of nitrogens with zero attached hydrogens (tertiary/aromatic N) is 1. The first kappa shape index (κ1) is 14.3. The Hall–Kier alpha value is -2.32. The molecule has 1 atom stereocenters.